The first-order valence-corrected chi connectivity index (χ1v) is 6.61. The summed E-state index contributed by atoms with van der Waals surface area (Å²) in [6, 6.07) is 8.81. The topological polar surface area (TPSA) is 66.7 Å². The Bertz CT molecular complexity index is 704. The third-order valence-electron chi connectivity index (χ3n) is 3.30. The lowest BCUT2D eigenvalue weighted by atomic mass is 9.98. The van der Waals surface area contributed by atoms with Crippen molar-refractivity contribution in [1.29, 1.82) is 0 Å². The van der Waals surface area contributed by atoms with Crippen molar-refractivity contribution in [2.24, 2.45) is 5.18 Å². The molecule has 0 aliphatic carbocycles. The van der Waals surface area contributed by atoms with Crippen LogP contribution in [-0.2, 0) is 4.79 Å². The fourth-order valence-electron chi connectivity index (χ4n) is 2.19. The summed E-state index contributed by atoms with van der Waals surface area (Å²) in [4.78, 5) is 21.3. The standard InChI is InChI=1S/C16H13F2NO3/c17-13-4-2-1-3-11(13)10-5-6-12(14(18)9-10)15(19-22)7-8-16(20)21/h1-6,9,15H,7-8H2,(H,20,21). The molecule has 0 aromatic heterocycles. The van der Waals surface area contributed by atoms with Gasteiger partial charge in [0.25, 0.3) is 0 Å². The molecule has 0 bridgehead atoms. The van der Waals surface area contributed by atoms with Gasteiger partial charge in [0, 0.05) is 17.5 Å². The Hall–Kier alpha value is -2.63. The third-order valence-corrected chi connectivity index (χ3v) is 3.30. The molecule has 1 atom stereocenters. The molecule has 0 amide bonds. The van der Waals surface area contributed by atoms with E-state index in [0.717, 1.165) is 6.07 Å². The summed E-state index contributed by atoms with van der Waals surface area (Å²) in [5.74, 6) is -2.28. The van der Waals surface area contributed by atoms with Gasteiger partial charge in [0.15, 0.2) is 0 Å². The molecule has 0 saturated heterocycles. The lowest BCUT2D eigenvalue weighted by Crippen LogP contribution is -2.03. The predicted octanol–water partition coefficient (Wildman–Crippen LogP) is 4.30. The Labute approximate surface area is 125 Å². The number of nitroso groups, excluding NO2 is 1. The second-order valence-electron chi connectivity index (χ2n) is 4.77. The van der Waals surface area contributed by atoms with E-state index in [1.165, 1.54) is 30.3 Å². The molecule has 114 valence electrons. The van der Waals surface area contributed by atoms with E-state index in [1.54, 1.807) is 6.07 Å². The maximum absolute atomic E-state index is 14.2. The van der Waals surface area contributed by atoms with E-state index < -0.39 is 23.6 Å². The first kappa shape index (κ1) is 15.8. The number of halogens is 2. The summed E-state index contributed by atoms with van der Waals surface area (Å²) < 4.78 is 27.8. The Balaban J connectivity index is 2.31. The van der Waals surface area contributed by atoms with Crippen molar-refractivity contribution in [3.05, 3.63) is 64.6 Å². The van der Waals surface area contributed by atoms with Crippen LogP contribution >= 0.6 is 0 Å². The number of nitrogens with zero attached hydrogens (tertiary/aromatic N) is 1. The molecule has 0 fully saturated rings. The minimum atomic E-state index is -1.09. The second kappa shape index (κ2) is 6.89. The quantitative estimate of drug-likeness (QED) is 0.809. The van der Waals surface area contributed by atoms with E-state index in [0.29, 0.717) is 5.56 Å². The molecule has 0 aliphatic heterocycles. The number of hydrogen-bond acceptors (Lipinski definition) is 3. The average molecular weight is 305 g/mol. The number of carboxylic acid groups (broad SMARTS) is 1. The number of carboxylic acids is 1. The Morgan fingerprint density at radius 2 is 1.86 bits per heavy atom. The van der Waals surface area contributed by atoms with Crippen LogP contribution in [0.5, 0.6) is 0 Å². The van der Waals surface area contributed by atoms with Gasteiger partial charge in [0.1, 0.15) is 17.7 Å². The molecule has 4 nitrogen and oxygen atoms in total. The fraction of sp³-hybridized carbons (Fsp3) is 0.188. The summed E-state index contributed by atoms with van der Waals surface area (Å²) in [5, 5.41) is 11.4. The van der Waals surface area contributed by atoms with E-state index >= 15 is 0 Å². The van der Waals surface area contributed by atoms with E-state index in [9.17, 15) is 18.5 Å². The third kappa shape index (κ3) is 3.52. The predicted molar refractivity (Wildman–Crippen MR) is 77.2 cm³/mol. The molecule has 2 aromatic rings. The van der Waals surface area contributed by atoms with Crippen LogP contribution in [-0.4, -0.2) is 11.1 Å². The zero-order chi connectivity index (χ0) is 16.1. The van der Waals surface area contributed by atoms with Crippen LogP contribution in [0.25, 0.3) is 11.1 Å². The van der Waals surface area contributed by atoms with Crippen molar-refractivity contribution in [3.8, 4) is 11.1 Å². The van der Waals surface area contributed by atoms with Gasteiger partial charge in [-0.25, -0.2) is 8.78 Å². The minimum Gasteiger partial charge on any atom is -0.481 e. The average Bonchev–Trinajstić information content (AvgIpc) is 2.49. The van der Waals surface area contributed by atoms with Crippen LogP contribution in [0.1, 0.15) is 24.4 Å². The van der Waals surface area contributed by atoms with Gasteiger partial charge in [0.05, 0.1) is 0 Å². The van der Waals surface area contributed by atoms with Gasteiger partial charge < -0.3 is 5.11 Å². The van der Waals surface area contributed by atoms with Crippen molar-refractivity contribution < 1.29 is 18.7 Å². The van der Waals surface area contributed by atoms with E-state index in [1.807, 2.05) is 0 Å². The first-order valence-electron chi connectivity index (χ1n) is 6.61. The van der Waals surface area contributed by atoms with Gasteiger partial charge >= 0.3 is 5.97 Å². The summed E-state index contributed by atoms with van der Waals surface area (Å²) >= 11 is 0. The molecule has 0 saturated carbocycles. The molecule has 0 heterocycles. The summed E-state index contributed by atoms with van der Waals surface area (Å²) in [6.07, 6.45) is -0.375. The number of hydrogen-bond donors (Lipinski definition) is 1. The first-order chi connectivity index (χ1) is 10.5. The normalized spacial score (nSPS) is 11.9. The smallest absolute Gasteiger partial charge is 0.303 e. The minimum absolute atomic E-state index is 0.0105. The maximum atomic E-state index is 14.2. The molecule has 2 aromatic carbocycles. The van der Waals surface area contributed by atoms with Crippen LogP contribution < -0.4 is 0 Å². The largest absolute Gasteiger partial charge is 0.481 e. The lowest BCUT2D eigenvalue weighted by Gasteiger charge is -2.11. The second-order valence-corrected chi connectivity index (χ2v) is 4.77. The van der Waals surface area contributed by atoms with E-state index in [4.69, 9.17) is 5.11 Å². The van der Waals surface area contributed by atoms with Crippen LogP contribution in [0.2, 0.25) is 0 Å². The molecule has 6 heteroatoms. The van der Waals surface area contributed by atoms with Crippen molar-refractivity contribution >= 4 is 5.97 Å². The SMILES string of the molecule is O=NC(CCC(=O)O)c1ccc(-c2ccccc2F)cc1F. The highest BCUT2D eigenvalue weighted by Crippen LogP contribution is 2.30. The molecule has 0 aliphatic rings. The van der Waals surface area contributed by atoms with Crippen LogP contribution in [0.4, 0.5) is 8.78 Å². The van der Waals surface area contributed by atoms with Crippen molar-refractivity contribution in [3.63, 3.8) is 0 Å². The zero-order valence-corrected chi connectivity index (χ0v) is 11.5. The molecular weight excluding hydrogens is 292 g/mol. The highest BCUT2D eigenvalue weighted by Gasteiger charge is 2.18. The maximum Gasteiger partial charge on any atom is 0.303 e. The van der Waals surface area contributed by atoms with Crippen molar-refractivity contribution in [2.75, 3.05) is 0 Å². The Morgan fingerprint density at radius 1 is 1.14 bits per heavy atom. The molecule has 0 spiro atoms. The molecule has 1 unspecified atom stereocenters. The molecule has 22 heavy (non-hydrogen) atoms. The highest BCUT2D eigenvalue weighted by atomic mass is 19.1. The van der Waals surface area contributed by atoms with Gasteiger partial charge in [-0.05, 0) is 24.1 Å². The number of benzene rings is 2. The molecule has 0 radical (unpaired) electrons. The molecule has 2 rings (SSSR count). The summed E-state index contributed by atoms with van der Waals surface area (Å²) in [5.41, 5.74) is 0.590. The van der Waals surface area contributed by atoms with Gasteiger partial charge in [-0.15, -0.1) is 0 Å². The monoisotopic (exact) mass is 305 g/mol. The van der Waals surface area contributed by atoms with Crippen LogP contribution in [0.15, 0.2) is 47.6 Å². The van der Waals surface area contributed by atoms with Gasteiger partial charge in [-0.2, -0.15) is 4.91 Å². The van der Waals surface area contributed by atoms with E-state index in [-0.39, 0.29) is 24.0 Å². The molecular formula is C16H13F2NO3. The molecule has 1 N–H and O–H groups in total. The van der Waals surface area contributed by atoms with Crippen molar-refractivity contribution in [1.82, 2.24) is 0 Å². The Morgan fingerprint density at radius 3 is 2.45 bits per heavy atom. The van der Waals surface area contributed by atoms with E-state index in [2.05, 4.69) is 5.18 Å². The van der Waals surface area contributed by atoms with Gasteiger partial charge in [-0.3, -0.25) is 4.79 Å². The van der Waals surface area contributed by atoms with Gasteiger partial charge in [0.2, 0.25) is 0 Å². The number of aliphatic carboxylic acids is 1. The summed E-state index contributed by atoms with van der Waals surface area (Å²) in [6.45, 7) is 0. The van der Waals surface area contributed by atoms with Crippen molar-refractivity contribution in [2.45, 2.75) is 18.9 Å². The van der Waals surface area contributed by atoms with Crippen LogP contribution in [0.3, 0.4) is 0 Å². The Kier molecular flexibility index (Phi) is 4.93. The zero-order valence-electron chi connectivity index (χ0n) is 11.5. The number of carbonyl (C=O) groups is 1. The van der Waals surface area contributed by atoms with Crippen LogP contribution in [0, 0.1) is 16.5 Å². The van der Waals surface area contributed by atoms with Gasteiger partial charge in [-0.1, -0.05) is 35.5 Å². The lowest BCUT2D eigenvalue weighted by molar-refractivity contribution is -0.137. The number of rotatable bonds is 6. The summed E-state index contributed by atoms with van der Waals surface area (Å²) in [7, 11) is 0. The highest BCUT2D eigenvalue weighted by molar-refractivity contribution is 5.67. The fourth-order valence-corrected chi connectivity index (χ4v) is 2.19.